The molecular formula is C6H15IN+. The van der Waals surface area contributed by atoms with E-state index in [1.54, 1.807) is 0 Å². The molecule has 0 aliphatic heterocycles. The van der Waals surface area contributed by atoms with E-state index in [1.807, 2.05) is 0 Å². The lowest BCUT2D eigenvalue weighted by Crippen LogP contribution is -2.38. The fraction of sp³-hybridized carbons (Fsp3) is 1.00. The SMILES string of the molecule is CC(I)C[N+](C)(C)C. The number of nitrogens with zero attached hydrogens (tertiary/aromatic N) is 1. The summed E-state index contributed by atoms with van der Waals surface area (Å²) in [6.07, 6.45) is 0. The van der Waals surface area contributed by atoms with Crippen molar-refractivity contribution in [3.63, 3.8) is 0 Å². The highest BCUT2D eigenvalue weighted by atomic mass is 127. The van der Waals surface area contributed by atoms with E-state index in [1.165, 1.54) is 6.54 Å². The summed E-state index contributed by atoms with van der Waals surface area (Å²) in [5, 5.41) is 0. The second-order valence-electron chi connectivity index (χ2n) is 3.25. The van der Waals surface area contributed by atoms with Crippen molar-refractivity contribution in [3.05, 3.63) is 0 Å². The molecule has 0 amide bonds. The number of rotatable bonds is 2. The minimum atomic E-state index is 0.785. The van der Waals surface area contributed by atoms with E-state index >= 15 is 0 Å². The second kappa shape index (κ2) is 3.01. The molecule has 1 atom stereocenters. The van der Waals surface area contributed by atoms with E-state index in [0.717, 1.165) is 8.41 Å². The highest BCUT2D eigenvalue weighted by Gasteiger charge is 2.09. The highest BCUT2D eigenvalue weighted by molar-refractivity contribution is 14.1. The topological polar surface area (TPSA) is 0 Å². The molecule has 0 bridgehead atoms. The van der Waals surface area contributed by atoms with Crippen LogP contribution in [0.25, 0.3) is 0 Å². The van der Waals surface area contributed by atoms with Crippen molar-refractivity contribution in [1.82, 2.24) is 0 Å². The first-order valence-electron chi connectivity index (χ1n) is 2.86. The Labute approximate surface area is 65.8 Å². The largest absolute Gasteiger partial charge is 0.330 e. The highest BCUT2D eigenvalue weighted by Crippen LogP contribution is 2.02. The third-order valence-corrected chi connectivity index (χ3v) is 1.19. The lowest BCUT2D eigenvalue weighted by Gasteiger charge is -2.24. The average Bonchev–Trinajstić information content (AvgIpc) is 1.21. The maximum absolute atomic E-state index is 2.45. The molecule has 50 valence electrons. The molecule has 0 radical (unpaired) electrons. The van der Waals surface area contributed by atoms with E-state index in [-0.39, 0.29) is 0 Å². The quantitative estimate of drug-likeness (QED) is 0.382. The van der Waals surface area contributed by atoms with Crippen LogP contribution in [0, 0.1) is 0 Å². The Hall–Kier alpha value is 0.690. The van der Waals surface area contributed by atoms with Gasteiger partial charge in [0.2, 0.25) is 0 Å². The molecule has 0 aromatic heterocycles. The Kier molecular flexibility index (Phi) is 3.27. The monoisotopic (exact) mass is 228 g/mol. The van der Waals surface area contributed by atoms with Gasteiger partial charge in [0.05, 0.1) is 31.6 Å². The second-order valence-corrected chi connectivity index (χ2v) is 5.38. The summed E-state index contributed by atoms with van der Waals surface area (Å²) in [4.78, 5) is 0. The van der Waals surface area contributed by atoms with Gasteiger partial charge in [0.1, 0.15) is 0 Å². The standard InChI is InChI=1S/C6H15IN/c1-6(7)5-8(2,3)4/h6H,5H2,1-4H3/q+1. The molecule has 0 aromatic rings. The van der Waals surface area contributed by atoms with Gasteiger partial charge in [-0.2, -0.15) is 0 Å². The van der Waals surface area contributed by atoms with Crippen molar-refractivity contribution in [2.24, 2.45) is 0 Å². The lowest BCUT2D eigenvalue weighted by molar-refractivity contribution is -0.869. The summed E-state index contributed by atoms with van der Waals surface area (Å²) >= 11 is 2.45. The maximum Gasteiger partial charge on any atom is 0.0897 e. The third kappa shape index (κ3) is 6.69. The molecule has 1 nitrogen and oxygen atoms in total. The third-order valence-electron chi connectivity index (χ3n) is 0.799. The minimum Gasteiger partial charge on any atom is -0.330 e. The molecule has 0 spiro atoms. The molecule has 0 saturated carbocycles. The van der Waals surface area contributed by atoms with Crippen LogP contribution in [0.2, 0.25) is 0 Å². The van der Waals surface area contributed by atoms with Crippen molar-refractivity contribution in [1.29, 1.82) is 0 Å². The van der Waals surface area contributed by atoms with Gasteiger partial charge < -0.3 is 4.48 Å². The molecule has 0 aromatic carbocycles. The Morgan fingerprint density at radius 2 is 1.75 bits per heavy atom. The molecule has 0 rings (SSSR count). The number of hydrogen-bond donors (Lipinski definition) is 0. The van der Waals surface area contributed by atoms with Gasteiger partial charge in [0.15, 0.2) is 0 Å². The van der Waals surface area contributed by atoms with E-state index < -0.39 is 0 Å². The first-order valence-corrected chi connectivity index (χ1v) is 4.11. The van der Waals surface area contributed by atoms with Crippen LogP contribution in [0.15, 0.2) is 0 Å². The van der Waals surface area contributed by atoms with E-state index in [0.29, 0.717) is 0 Å². The molecule has 0 aliphatic carbocycles. The summed E-state index contributed by atoms with van der Waals surface area (Å²) in [6.45, 7) is 3.49. The van der Waals surface area contributed by atoms with Crippen LogP contribution in [-0.2, 0) is 0 Å². The zero-order valence-electron chi connectivity index (χ0n) is 6.11. The van der Waals surface area contributed by atoms with Crippen molar-refractivity contribution in [2.45, 2.75) is 10.8 Å². The zero-order valence-corrected chi connectivity index (χ0v) is 8.27. The Morgan fingerprint density at radius 1 is 1.38 bits per heavy atom. The van der Waals surface area contributed by atoms with E-state index in [4.69, 9.17) is 0 Å². The Bertz CT molecular complexity index is 63.4. The molecule has 8 heavy (non-hydrogen) atoms. The minimum absolute atomic E-state index is 0.785. The summed E-state index contributed by atoms with van der Waals surface area (Å²) in [5.74, 6) is 0. The molecule has 0 heterocycles. The van der Waals surface area contributed by atoms with Gasteiger partial charge in [-0.05, 0) is 6.92 Å². The average molecular weight is 228 g/mol. The molecular weight excluding hydrogens is 213 g/mol. The van der Waals surface area contributed by atoms with Crippen molar-refractivity contribution in [3.8, 4) is 0 Å². The van der Waals surface area contributed by atoms with Gasteiger partial charge >= 0.3 is 0 Å². The summed E-state index contributed by atoms with van der Waals surface area (Å²) in [7, 11) is 6.65. The molecule has 1 unspecified atom stereocenters. The first kappa shape index (κ1) is 8.69. The van der Waals surface area contributed by atoms with Gasteiger partial charge in [-0.3, -0.25) is 0 Å². The zero-order chi connectivity index (χ0) is 6.78. The summed E-state index contributed by atoms with van der Waals surface area (Å²) in [6, 6.07) is 0. The Balaban J connectivity index is 3.39. The normalized spacial score (nSPS) is 16.1. The number of quaternary nitrogens is 1. The molecule has 0 aliphatic rings. The van der Waals surface area contributed by atoms with E-state index in [9.17, 15) is 0 Å². The van der Waals surface area contributed by atoms with Crippen LogP contribution in [0.1, 0.15) is 6.92 Å². The van der Waals surface area contributed by atoms with Gasteiger partial charge in [-0.25, -0.2) is 0 Å². The lowest BCUT2D eigenvalue weighted by atomic mass is 10.4. The van der Waals surface area contributed by atoms with E-state index in [2.05, 4.69) is 50.7 Å². The summed E-state index contributed by atoms with van der Waals surface area (Å²) < 4.78 is 1.86. The van der Waals surface area contributed by atoms with Crippen molar-refractivity contribution < 1.29 is 4.48 Å². The smallest absolute Gasteiger partial charge is 0.0897 e. The maximum atomic E-state index is 2.45. The fourth-order valence-corrected chi connectivity index (χ4v) is 1.94. The number of alkyl halides is 1. The van der Waals surface area contributed by atoms with Crippen LogP contribution in [0.3, 0.4) is 0 Å². The molecule has 0 fully saturated rings. The van der Waals surface area contributed by atoms with Gasteiger partial charge in [-0.15, -0.1) is 0 Å². The molecule has 0 N–H and O–H groups in total. The van der Waals surface area contributed by atoms with Crippen LogP contribution in [-0.4, -0.2) is 36.1 Å². The van der Waals surface area contributed by atoms with Crippen molar-refractivity contribution in [2.75, 3.05) is 27.7 Å². The molecule has 2 heteroatoms. The number of hydrogen-bond acceptors (Lipinski definition) is 0. The van der Waals surface area contributed by atoms with Crippen LogP contribution >= 0.6 is 22.6 Å². The van der Waals surface area contributed by atoms with Gasteiger partial charge in [0.25, 0.3) is 0 Å². The fourth-order valence-electron chi connectivity index (χ4n) is 0.755. The predicted octanol–water partition coefficient (Wildman–Crippen LogP) is 1.52. The molecule has 0 saturated heterocycles. The predicted molar refractivity (Wildman–Crippen MR) is 46.4 cm³/mol. The van der Waals surface area contributed by atoms with Crippen LogP contribution in [0.4, 0.5) is 0 Å². The number of halogens is 1. The van der Waals surface area contributed by atoms with Crippen LogP contribution < -0.4 is 0 Å². The van der Waals surface area contributed by atoms with Gasteiger partial charge in [0, 0.05) is 0 Å². The van der Waals surface area contributed by atoms with Crippen molar-refractivity contribution >= 4 is 22.6 Å². The van der Waals surface area contributed by atoms with Crippen LogP contribution in [0.5, 0.6) is 0 Å². The first-order chi connectivity index (χ1) is 3.42. The van der Waals surface area contributed by atoms with Gasteiger partial charge in [-0.1, -0.05) is 22.6 Å². The summed E-state index contributed by atoms with van der Waals surface area (Å²) in [5.41, 5.74) is 0. The Morgan fingerprint density at radius 3 is 1.75 bits per heavy atom.